The molecule has 6 heteroatoms. The van der Waals surface area contributed by atoms with Crippen molar-refractivity contribution in [3.05, 3.63) is 35.4 Å². The summed E-state index contributed by atoms with van der Waals surface area (Å²) in [6, 6.07) is 4.48. The van der Waals surface area contributed by atoms with E-state index in [9.17, 15) is 9.59 Å². The first kappa shape index (κ1) is 16.6. The minimum atomic E-state index is -1.02. The lowest BCUT2D eigenvalue weighted by Gasteiger charge is -2.19. The summed E-state index contributed by atoms with van der Waals surface area (Å²) >= 11 is 0. The van der Waals surface area contributed by atoms with Gasteiger partial charge in [0.2, 0.25) is 0 Å². The van der Waals surface area contributed by atoms with E-state index in [1.807, 2.05) is 0 Å². The Labute approximate surface area is 123 Å². The predicted octanol–water partition coefficient (Wildman–Crippen LogP) is 2.50. The van der Waals surface area contributed by atoms with E-state index < -0.39 is 17.7 Å². The second-order valence-electron chi connectivity index (χ2n) is 5.43. The average molecular weight is 292 g/mol. The highest BCUT2D eigenvalue weighted by Crippen LogP contribution is 2.15. The van der Waals surface area contributed by atoms with Gasteiger partial charge in [0.05, 0.1) is 5.56 Å². The number of hydrogen-bond acceptors (Lipinski definition) is 4. The van der Waals surface area contributed by atoms with Gasteiger partial charge < -0.3 is 20.9 Å². The van der Waals surface area contributed by atoms with Crippen molar-refractivity contribution in [1.82, 2.24) is 5.32 Å². The average Bonchev–Trinajstić information content (AvgIpc) is 2.33. The summed E-state index contributed by atoms with van der Waals surface area (Å²) in [6.45, 7) is 5.64. The maximum absolute atomic E-state index is 11.4. The van der Waals surface area contributed by atoms with E-state index >= 15 is 0 Å². The molecule has 0 bridgehead atoms. The van der Waals surface area contributed by atoms with Crippen LogP contribution in [0.3, 0.4) is 0 Å². The summed E-state index contributed by atoms with van der Waals surface area (Å²) in [5.41, 5.74) is 6.41. The molecule has 114 valence electrons. The first-order valence-corrected chi connectivity index (χ1v) is 6.45. The number of aromatic carboxylic acids is 1. The van der Waals surface area contributed by atoms with Gasteiger partial charge in [0.1, 0.15) is 5.60 Å². The third-order valence-electron chi connectivity index (χ3n) is 2.39. The van der Waals surface area contributed by atoms with Crippen LogP contribution in [-0.2, 0) is 4.74 Å². The molecule has 0 aliphatic heterocycles. The maximum atomic E-state index is 11.4. The van der Waals surface area contributed by atoms with Gasteiger partial charge in [-0.1, -0.05) is 18.2 Å². The van der Waals surface area contributed by atoms with Crippen molar-refractivity contribution < 1.29 is 19.4 Å². The van der Waals surface area contributed by atoms with Crippen LogP contribution in [0.25, 0.3) is 6.08 Å². The second kappa shape index (κ2) is 6.78. The standard InChI is InChI=1S/C15H20N2O4/c1-15(2,3)21-14(20)17-8-4-5-10-6-7-11(13(18)19)9-12(10)16/h4-7,9H,8,16H2,1-3H3,(H,17,20)(H,18,19). The van der Waals surface area contributed by atoms with Crippen LogP contribution in [0.5, 0.6) is 0 Å². The van der Waals surface area contributed by atoms with Crippen LogP contribution >= 0.6 is 0 Å². The molecule has 21 heavy (non-hydrogen) atoms. The van der Waals surface area contributed by atoms with Gasteiger partial charge in [-0.3, -0.25) is 0 Å². The lowest BCUT2D eigenvalue weighted by molar-refractivity contribution is 0.0533. The van der Waals surface area contributed by atoms with Gasteiger partial charge in [0.15, 0.2) is 0 Å². The highest BCUT2D eigenvalue weighted by Gasteiger charge is 2.14. The molecule has 0 aliphatic carbocycles. The van der Waals surface area contributed by atoms with E-state index in [-0.39, 0.29) is 12.1 Å². The van der Waals surface area contributed by atoms with Crippen LogP contribution < -0.4 is 11.1 Å². The van der Waals surface area contributed by atoms with Gasteiger partial charge in [0, 0.05) is 12.2 Å². The van der Waals surface area contributed by atoms with Crippen LogP contribution in [0.4, 0.5) is 10.5 Å². The molecule has 1 aromatic rings. The van der Waals surface area contributed by atoms with Gasteiger partial charge in [-0.05, 0) is 38.5 Å². The van der Waals surface area contributed by atoms with Crippen LogP contribution in [-0.4, -0.2) is 29.3 Å². The van der Waals surface area contributed by atoms with Crippen molar-refractivity contribution >= 4 is 23.8 Å². The summed E-state index contributed by atoms with van der Waals surface area (Å²) < 4.78 is 5.08. The minimum Gasteiger partial charge on any atom is -0.478 e. The Bertz CT molecular complexity index is 559. The molecule has 1 amide bonds. The fourth-order valence-corrected chi connectivity index (χ4v) is 1.50. The predicted molar refractivity (Wildman–Crippen MR) is 81.1 cm³/mol. The molecule has 0 radical (unpaired) electrons. The van der Waals surface area contributed by atoms with Gasteiger partial charge in [-0.25, -0.2) is 9.59 Å². The fraction of sp³-hybridized carbons (Fsp3) is 0.333. The molecule has 0 spiro atoms. The largest absolute Gasteiger partial charge is 0.478 e. The zero-order valence-corrected chi connectivity index (χ0v) is 12.3. The lowest BCUT2D eigenvalue weighted by Crippen LogP contribution is -2.32. The number of nitrogen functional groups attached to an aromatic ring is 1. The zero-order chi connectivity index (χ0) is 16.0. The zero-order valence-electron chi connectivity index (χ0n) is 12.3. The number of carbonyl (C=O) groups is 2. The Hall–Kier alpha value is -2.50. The number of benzene rings is 1. The monoisotopic (exact) mass is 292 g/mol. The second-order valence-corrected chi connectivity index (χ2v) is 5.43. The molecule has 6 nitrogen and oxygen atoms in total. The molecule has 0 aliphatic rings. The molecule has 0 saturated heterocycles. The number of nitrogens with one attached hydrogen (secondary N) is 1. The topological polar surface area (TPSA) is 102 Å². The molecule has 0 saturated carbocycles. The molecule has 0 fully saturated rings. The van der Waals surface area contributed by atoms with Crippen LogP contribution in [0.15, 0.2) is 24.3 Å². The summed E-state index contributed by atoms with van der Waals surface area (Å²) in [5.74, 6) is -1.02. The lowest BCUT2D eigenvalue weighted by atomic mass is 10.1. The van der Waals surface area contributed by atoms with Crippen molar-refractivity contribution in [2.24, 2.45) is 0 Å². The number of carboxylic acid groups (broad SMARTS) is 1. The Morgan fingerprint density at radius 2 is 2.05 bits per heavy atom. The molecule has 1 rings (SSSR count). The highest BCUT2D eigenvalue weighted by atomic mass is 16.6. The summed E-state index contributed by atoms with van der Waals surface area (Å²) in [4.78, 5) is 22.2. The van der Waals surface area contributed by atoms with Crippen molar-refractivity contribution in [3.8, 4) is 0 Å². The Morgan fingerprint density at radius 3 is 2.57 bits per heavy atom. The quantitative estimate of drug-likeness (QED) is 0.740. The Kier molecular flexibility index (Phi) is 5.35. The number of hydrogen-bond donors (Lipinski definition) is 3. The minimum absolute atomic E-state index is 0.136. The van der Waals surface area contributed by atoms with Gasteiger partial charge in [-0.15, -0.1) is 0 Å². The highest BCUT2D eigenvalue weighted by molar-refractivity contribution is 5.89. The van der Waals surface area contributed by atoms with Crippen LogP contribution in [0.2, 0.25) is 0 Å². The summed E-state index contributed by atoms with van der Waals surface area (Å²) in [5, 5.41) is 11.4. The molecule has 0 aromatic heterocycles. The summed E-state index contributed by atoms with van der Waals surface area (Å²) in [7, 11) is 0. The maximum Gasteiger partial charge on any atom is 0.407 e. The van der Waals surface area contributed by atoms with Crippen LogP contribution in [0.1, 0.15) is 36.7 Å². The third kappa shape index (κ3) is 5.99. The van der Waals surface area contributed by atoms with Crippen LogP contribution in [0, 0.1) is 0 Å². The molecule has 0 heterocycles. The number of nitrogens with two attached hydrogens (primary N) is 1. The van der Waals surface area contributed by atoms with Crippen molar-refractivity contribution in [3.63, 3.8) is 0 Å². The van der Waals surface area contributed by atoms with Crippen molar-refractivity contribution in [2.45, 2.75) is 26.4 Å². The van der Waals surface area contributed by atoms with Gasteiger partial charge in [-0.2, -0.15) is 0 Å². The van der Waals surface area contributed by atoms with E-state index in [0.29, 0.717) is 11.3 Å². The van der Waals surface area contributed by atoms with E-state index in [1.54, 1.807) is 39.0 Å². The number of carbonyl (C=O) groups excluding carboxylic acids is 1. The fourth-order valence-electron chi connectivity index (χ4n) is 1.50. The number of amides is 1. The van der Waals surface area contributed by atoms with E-state index in [1.165, 1.54) is 12.1 Å². The first-order chi connectivity index (χ1) is 9.69. The number of ether oxygens (including phenoxy) is 1. The first-order valence-electron chi connectivity index (χ1n) is 6.45. The van der Waals surface area contributed by atoms with E-state index in [2.05, 4.69) is 5.32 Å². The molecule has 0 atom stereocenters. The number of anilines is 1. The number of rotatable bonds is 4. The third-order valence-corrected chi connectivity index (χ3v) is 2.39. The van der Waals surface area contributed by atoms with Gasteiger partial charge >= 0.3 is 12.1 Å². The molecular formula is C15H20N2O4. The van der Waals surface area contributed by atoms with Crippen molar-refractivity contribution in [1.29, 1.82) is 0 Å². The number of alkyl carbamates (subject to hydrolysis) is 1. The smallest absolute Gasteiger partial charge is 0.407 e. The molecular weight excluding hydrogens is 272 g/mol. The molecule has 1 aromatic carbocycles. The van der Waals surface area contributed by atoms with Crippen molar-refractivity contribution in [2.75, 3.05) is 12.3 Å². The summed E-state index contributed by atoms with van der Waals surface area (Å²) in [6.07, 6.45) is 2.91. The number of carboxylic acids is 1. The van der Waals surface area contributed by atoms with E-state index in [0.717, 1.165) is 0 Å². The van der Waals surface area contributed by atoms with Gasteiger partial charge in [0.25, 0.3) is 0 Å². The molecule has 0 unspecified atom stereocenters. The SMILES string of the molecule is CC(C)(C)OC(=O)NCC=Cc1ccc(C(=O)O)cc1N. The normalized spacial score (nSPS) is 11.4. The molecule has 4 N–H and O–H groups in total. The Balaban J connectivity index is 2.54. The van der Waals surface area contributed by atoms with E-state index in [4.69, 9.17) is 15.6 Å². The Morgan fingerprint density at radius 1 is 1.38 bits per heavy atom.